The molecule has 0 spiro atoms. The molecule has 1 aromatic heterocycles. The molecule has 0 atom stereocenters. The van der Waals surface area contributed by atoms with E-state index in [1.807, 2.05) is 18.5 Å². The largest absolute Gasteiger partial charge is 0.358 e. The van der Waals surface area contributed by atoms with Crippen molar-refractivity contribution in [1.82, 2.24) is 15.2 Å². The van der Waals surface area contributed by atoms with E-state index in [0.29, 0.717) is 6.04 Å². The summed E-state index contributed by atoms with van der Waals surface area (Å²) in [5.41, 5.74) is 2.50. The lowest BCUT2D eigenvalue weighted by molar-refractivity contribution is 0.395. The van der Waals surface area contributed by atoms with E-state index in [1.165, 1.54) is 24.0 Å². The monoisotopic (exact) mass is 297 g/mol. The average Bonchev–Trinajstić information content (AvgIpc) is 3.37. The Morgan fingerprint density at radius 2 is 1.81 bits per heavy atom. The van der Waals surface area contributed by atoms with E-state index < -0.39 is 0 Å². The summed E-state index contributed by atoms with van der Waals surface area (Å²) in [6, 6.07) is 15.0. The Kier molecular flexibility index (Phi) is 4.46. The van der Waals surface area contributed by atoms with Crippen LogP contribution in [0.3, 0.4) is 0 Å². The molecule has 1 fully saturated rings. The Morgan fingerprint density at radius 1 is 1.10 bits per heavy atom. The standard InChI is InChI=1S/C17H19N3S/c21-17(19-12-14-4-2-1-3-5-14)20(16-6-7-16)13-15-8-10-18-11-9-15/h1-5,8-11,16H,6-7,12-13H2,(H,19,21). The van der Waals surface area contributed by atoms with Gasteiger partial charge in [-0.25, -0.2) is 0 Å². The number of thiocarbonyl (C=S) groups is 1. The van der Waals surface area contributed by atoms with Crippen LogP contribution >= 0.6 is 12.2 Å². The van der Waals surface area contributed by atoms with Crippen molar-refractivity contribution in [3.63, 3.8) is 0 Å². The zero-order valence-electron chi connectivity index (χ0n) is 11.9. The van der Waals surface area contributed by atoms with Crippen LogP contribution in [0.2, 0.25) is 0 Å². The van der Waals surface area contributed by atoms with Gasteiger partial charge in [-0.2, -0.15) is 0 Å². The van der Waals surface area contributed by atoms with Crippen molar-refractivity contribution < 1.29 is 0 Å². The van der Waals surface area contributed by atoms with Crippen LogP contribution in [0.4, 0.5) is 0 Å². The molecule has 2 aromatic rings. The topological polar surface area (TPSA) is 28.2 Å². The van der Waals surface area contributed by atoms with Crippen molar-refractivity contribution in [2.24, 2.45) is 0 Å². The zero-order chi connectivity index (χ0) is 14.5. The minimum Gasteiger partial charge on any atom is -0.358 e. The van der Waals surface area contributed by atoms with Crippen LogP contribution in [0.5, 0.6) is 0 Å². The molecular formula is C17H19N3S. The highest BCUT2D eigenvalue weighted by Gasteiger charge is 2.30. The number of rotatable bonds is 5. The van der Waals surface area contributed by atoms with Crippen LogP contribution in [0, 0.1) is 0 Å². The van der Waals surface area contributed by atoms with Crippen LogP contribution in [0.15, 0.2) is 54.9 Å². The van der Waals surface area contributed by atoms with Gasteiger partial charge in [-0.1, -0.05) is 30.3 Å². The van der Waals surface area contributed by atoms with E-state index in [1.54, 1.807) is 0 Å². The number of hydrogen-bond acceptors (Lipinski definition) is 2. The first-order valence-corrected chi connectivity index (χ1v) is 7.71. The lowest BCUT2D eigenvalue weighted by atomic mass is 10.2. The molecule has 0 amide bonds. The highest BCUT2D eigenvalue weighted by molar-refractivity contribution is 7.80. The summed E-state index contributed by atoms with van der Waals surface area (Å²) in [6.07, 6.45) is 6.14. The fourth-order valence-corrected chi connectivity index (χ4v) is 2.60. The molecular weight excluding hydrogens is 278 g/mol. The van der Waals surface area contributed by atoms with E-state index in [-0.39, 0.29) is 0 Å². The molecule has 1 aliphatic carbocycles. The predicted molar refractivity (Wildman–Crippen MR) is 88.7 cm³/mol. The molecule has 108 valence electrons. The molecule has 1 aromatic carbocycles. The summed E-state index contributed by atoms with van der Waals surface area (Å²) in [6.45, 7) is 1.63. The molecule has 0 saturated heterocycles. The second-order valence-corrected chi connectivity index (χ2v) is 5.75. The van der Waals surface area contributed by atoms with Gasteiger partial charge in [0.05, 0.1) is 0 Å². The Bertz CT molecular complexity index is 581. The summed E-state index contributed by atoms with van der Waals surface area (Å²) in [4.78, 5) is 6.37. The number of nitrogens with zero attached hydrogens (tertiary/aromatic N) is 2. The molecule has 1 heterocycles. The second-order valence-electron chi connectivity index (χ2n) is 5.36. The van der Waals surface area contributed by atoms with Gasteiger partial charge >= 0.3 is 0 Å². The van der Waals surface area contributed by atoms with E-state index in [0.717, 1.165) is 18.2 Å². The van der Waals surface area contributed by atoms with Crippen LogP contribution in [0.25, 0.3) is 0 Å². The SMILES string of the molecule is S=C(NCc1ccccc1)N(Cc1ccncc1)C1CC1. The van der Waals surface area contributed by atoms with E-state index in [4.69, 9.17) is 12.2 Å². The number of pyridine rings is 1. The Labute approximate surface area is 131 Å². The smallest absolute Gasteiger partial charge is 0.169 e. The van der Waals surface area contributed by atoms with Gasteiger partial charge < -0.3 is 10.2 Å². The summed E-state index contributed by atoms with van der Waals surface area (Å²) in [7, 11) is 0. The molecule has 0 aliphatic heterocycles. The van der Waals surface area contributed by atoms with Crippen molar-refractivity contribution in [3.05, 3.63) is 66.0 Å². The third-order valence-corrected chi connectivity index (χ3v) is 4.02. The summed E-state index contributed by atoms with van der Waals surface area (Å²) in [5.74, 6) is 0. The second kappa shape index (κ2) is 6.68. The third kappa shape index (κ3) is 4.02. The fraction of sp³-hybridized carbons (Fsp3) is 0.294. The molecule has 21 heavy (non-hydrogen) atoms. The van der Waals surface area contributed by atoms with Crippen molar-refractivity contribution in [3.8, 4) is 0 Å². The summed E-state index contributed by atoms with van der Waals surface area (Å²) in [5, 5.41) is 4.23. The minimum atomic E-state index is 0.592. The highest BCUT2D eigenvalue weighted by atomic mass is 32.1. The number of hydrogen-bond donors (Lipinski definition) is 1. The molecule has 0 bridgehead atoms. The van der Waals surface area contributed by atoms with Crippen molar-refractivity contribution in [1.29, 1.82) is 0 Å². The molecule has 1 aliphatic rings. The molecule has 3 rings (SSSR count). The lowest BCUT2D eigenvalue weighted by Crippen LogP contribution is -2.40. The van der Waals surface area contributed by atoms with E-state index in [9.17, 15) is 0 Å². The van der Waals surface area contributed by atoms with Crippen LogP contribution in [0.1, 0.15) is 24.0 Å². The first kappa shape index (κ1) is 14.0. The van der Waals surface area contributed by atoms with Gasteiger partial charge in [0.15, 0.2) is 5.11 Å². The molecule has 0 radical (unpaired) electrons. The third-order valence-electron chi connectivity index (χ3n) is 3.64. The van der Waals surface area contributed by atoms with Gasteiger partial charge in [0, 0.05) is 31.5 Å². The van der Waals surface area contributed by atoms with Gasteiger partial charge in [0.2, 0.25) is 0 Å². The molecule has 0 unspecified atom stereocenters. The Morgan fingerprint density at radius 3 is 2.48 bits per heavy atom. The maximum absolute atomic E-state index is 5.59. The van der Waals surface area contributed by atoms with Crippen molar-refractivity contribution in [2.75, 3.05) is 0 Å². The van der Waals surface area contributed by atoms with Gasteiger partial charge in [0.25, 0.3) is 0 Å². The molecule has 1 saturated carbocycles. The van der Waals surface area contributed by atoms with Gasteiger partial charge in [-0.3, -0.25) is 4.98 Å². The van der Waals surface area contributed by atoms with E-state index in [2.05, 4.69) is 51.6 Å². The molecule has 3 nitrogen and oxygen atoms in total. The first-order valence-electron chi connectivity index (χ1n) is 7.30. The lowest BCUT2D eigenvalue weighted by Gasteiger charge is -2.26. The van der Waals surface area contributed by atoms with Gasteiger partial charge in [0.1, 0.15) is 0 Å². The van der Waals surface area contributed by atoms with Crippen LogP contribution in [-0.2, 0) is 13.1 Å². The minimum absolute atomic E-state index is 0.592. The maximum Gasteiger partial charge on any atom is 0.169 e. The normalized spacial score (nSPS) is 13.7. The highest BCUT2D eigenvalue weighted by Crippen LogP contribution is 2.28. The maximum atomic E-state index is 5.59. The number of aromatic nitrogens is 1. The Hall–Kier alpha value is -1.94. The quantitative estimate of drug-likeness (QED) is 0.858. The zero-order valence-corrected chi connectivity index (χ0v) is 12.7. The Balaban J connectivity index is 1.60. The van der Waals surface area contributed by atoms with Crippen LogP contribution < -0.4 is 5.32 Å². The van der Waals surface area contributed by atoms with Gasteiger partial charge in [-0.15, -0.1) is 0 Å². The summed E-state index contributed by atoms with van der Waals surface area (Å²) >= 11 is 5.59. The average molecular weight is 297 g/mol. The van der Waals surface area contributed by atoms with Crippen LogP contribution in [-0.4, -0.2) is 21.0 Å². The molecule has 1 N–H and O–H groups in total. The predicted octanol–water partition coefficient (Wildman–Crippen LogP) is 3.12. The van der Waals surface area contributed by atoms with Crippen molar-refractivity contribution >= 4 is 17.3 Å². The number of benzene rings is 1. The van der Waals surface area contributed by atoms with Gasteiger partial charge in [-0.05, 0) is 48.3 Å². The molecule has 4 heteroatoms. The fourth-order valence-electron chi connectivity index (χ4n) is 2.31. The van der Waals surface area contributed by atoms with Crippen molar-refractivity contribution in [2.45, 2.75) is 32.0 Å². The van der Waals surface area contributed by atoms with E-state index >= 15 is 0 Å². The summed E-state index contributed by atoms with van der Waals surface area (Å²) < 4.78 is 0. The number of nitrogens with one attached hydrogen (secondary N) is 1. The first-order chi connectivity index (χ1) is 10.3.